The van der Waals surface area contributed by atoms with Crippen LogP contribution in [0.2, 0.25) is 0 Å². The van der Waals surface area contributed by atoms with E-state index in [1.807, 2.05) is 0 Å². The minimum Gasteiger partial charge on any atom is -0.395 e. The van der Waals surface area contributed by atoms with Gasteiger partial charge < -0.3 is 9.05 Å². The van der Waals surface area contributed by atoms with E-state index in [2.05, 4.69) is 0 Å². The van der Waals surface area contributed by atoms with Crippen LogP contribution in [0, 0.1) is 0 Å². The molecule has 0 saturated heterocycles. The minimum atomic E-state index is -5.38. The van der Waals surface area contributed by atoms with Crippen LogP contribution in [0.1, 0.15) is 22.3 Å². The monoisotopic (exact) mass is 632 g/mol. The number of phosphoric acid groups is 1. The van der Waals surface area contributed by atoms with E-state index < -0.39 is 98.6 Å². The van der Waals surface area contributed by atoms with Crippen molar-refractivity contribution in [3.63, 3.8) is 0 Å². The SMILES string of the molecule is O=C=CCOP(=O)(Oc1ccc(CC(F)(F)F)cc1CC(F)(F)F)Oc1ccc(CC(F)(F)F)cc1CC(F)(F)F. The van der Waals surface area contributed by atoms with Gasteiger partial charge >= 0.3 is 32.5 Å². The van der Waals surface area contributed by atoms with Gasteiger partial charge in [-0.15, -0.1) is 0 Å². The fraction of sp³-hybridized carbons (Fsp3) is 0.391. The summed E-state index contributed by atoms with van der Waals surface area (Å²) < 4.78 is 183. The summed E-state index contributed by atoms with van der Waals surface area (Å²) in [5.74, 6) is -0.836. The number of hydrogen-bond acceptors (Lipinski definition) is 5. The Hall–Kier alpha value is -3.16. The molecule has 2 aromatic carbocycles. The number of carbonyl (C=O) groups excluding carboxylic acids is 1. The van der Waals surface area contributed by atoms with Gasteiger partial charge in [0.2, 0.25) is 0 Å². The van der Waals surface area contributed by atoms with Gasteiger partial charge in [-0.2, -0.15) is 52.7 Å². The van der Waals surface area contributed by atoms with Crippen molar-refractivity contribution in [2.45, 2.75) is 50.4 Å². The lowest BCUT2D eigenvalue weighted by Crippen LogP contribution is -2.17. The molecular formula is C23H17F12O5P. The molecule has 0 amide bonds. The van der Waals surface area contributed by atoms with Crippen LogP contribution < -0.4 is 9.05 Å². The van der Waals surface area contributed by atoms with Gasteiger partial charge in [-0.1, -0.05) is 24.3 Å². The van der Waals surface area contributed by atoms with Crippen molar-refractivity contribution in [2.75, 3.05) is 6.61 Å². The van der Waals surface area contributed by atoms with Gasteiger partial charge in [0.25, 0.3) is 0 Å². The number of halogens is 12. The quantitative estimate of drug-likeness (QED) is 0.143. The smallest absolute Gasteiger partial charge is 0.395 e. The average molecular weight is 632 g/mol. The third-order valence-corrected chi connectivity index (χ3v) is 5.97. The molecule has 228 valence electrons. The van der Waals surface area contributed by atoms with Gasteiger partial charge in [0.15, 0.2) is 0 Å². The highest BCUT2D eigenvalue weighted by molar-refractivity contribution is 7.49. The number of rotatable bonds is 11. The predicted octanol–water partition coefficient (Wildman–Crippen LogP) is 8.08. The van der Waals surface area contributed by atoms with Crippen LogP contribution >= 0.6 is 7.82 Å². The van der Waals surface area contributed by atoms with Gasteiger partial charge in [0, 0.05) is 17.2 Å². The molecule has 0 aliphatic heterocycles. The molecule has 0 aliphatic carbocycles. The van der Waals surface area contributed by atoms with Crippen LogP contribution in [0.3, 0.4) is 0 Å². The van der Waals surface area contributed by atoms with Crippen molar-refractivity contribution in [1.29, 1.82) is 0 Å². The molecule has 0 spiro atoms. The molecule has 18 heteroatoms. The summed E-state index contributed by atoms with van der Waals surface area (Å²) in [5, 5.41) is 0. The molecule has 2 rings (SSSR count). The summed E-state index contributed by atoms with van der Waals surface area (Å²) in [6.45, 7) is -0.984. The van der Waals surface area contributed by atoms with Crippen molar-refractivity contribution in [3.8, 4) is 11.5 Å². The second-order valence-corrected chi connectivity index (χ2v) is 9.82. The van der Waals surface area contributed by atoms with E-state index in [1.165, 1.54) is 5.94 Å². The Bertz CT molecular complexity index is 1210. The van der Waals surface area contributed by atoms with Gasteiger partial charge in [0.05, 0.1) is 32.3 Å². The largest absolute Gasteiger partial charge is 0.587 e. The summed E-state index contributed by atoms with van der Waals surface area (Å²) in [7, 11) is -5.38. The van der Waals surface area contributed by atoms with Crippen LogP contribution in [0.25, 0.3) is 0 Å². The lowest BCUT2D eigenvalue weighted by Gasteiger charge is -2.23. The molecule has 0 aromatic heterocycles. The fourth-order valence-electron chi connectivity index (χ4n) is 3.31. The van der Waals surface area contributed by atoms with Gasteiger partial charge in [0.1, 0.15) is 17.4 Å². The number of hydrogen-bond donors (Lipinski definition) is 0. The molecular weight excluding hydrogens is 615 g/mol. The maximum absolute atomic E-state index is 13.4. The normalized spacial score (nSPS) is 13.1. The first kappa shape index (κ1) is 34.0. The van der Waals surface area contributed by atoms with E-state index in [1.54, 1.807) is 0 Å². The highest BCUT2D eigenvalue weighted by Gasteiger charge is 2.38. The number of phosphoric ester groups is 1. The van der Waals surface area contributed by atoms with Crippen LogP contribution in [0.4, 0.5) is 52.7 Å². The van der Waals surface area contributed by atoms with E-state index in [0.29, 0.717) is 42.5 Å². The summed E-state index contributed by atoms with van der Waals surface area (Å²) in [6.07, 6.45) is -26.3. The van der Waals surface area contributed by atoms with Crippen LogP contribution in [-0.2, 0) is 39.6 Å². The lowest BCUT2D eigenvalue weighted by molar-refractivity contribution is -0.129. The van der Waals surface area contributed by atoms with Crippen molar-refractivity contribution >= 4 is 13.8 Å². The van der Waals surface area contributed by atoms with E-state index in [9.17, 15) is 62.0 Å². The third-order valence-electron chi connectivity index (χ3n) is 4.66. The maximum atomic E-state index is 13.4. The number of alkyl halides is 12. The van der Waals surface area contributed by atoms with Crippen molar-refractivity contribution < 1.29 is 75.6 Å². The fourth-order valence-corrected chi connectivity index (χ4v) is 4.55. The molecule has 0 N–H and O–H groups in total. The van der Waals surface area contributed by atoms with Gasteiger partial charge in [-0.3, -0.25) is 4.52 Å². The van der Waals surface area contributed by atoms with E-state index in [4.69, 9.17) is 13.6 Å². The van der Waals surface area contributed by atoms with Crippen LogP contribution in [-0.4, -0.2) is 37.3 Å². The first-order chi connectivity index (χ1) is 18.6. The summed E-state index contributed by atoms with van der Waals surface area (Å²) in [6, 6.07) is 3.32. The third kappa shape index (κ3) is 12.9. The summed E-state index contributed by atoms with van der Waals surface area (Å²) in [4.78, 5) is 10.5. The zero-order chi connectivity index (χ0) is 31.3. The number of benzene rings is 2. The van der Waals surface area contributed by atoms with E-state index in [0.717, 1.165) is 0 Å². The van der Waals surface area contributed by atoms with Crippen LogP contribution in [0.5, 0.6) is 11.5 Å². The Balaban J connectivity index is 2.57. The zero-order valence-corrected chi connectivity index (χ0v) is 21.0. The zero-order valence-electron chi connectivity index (χ0n) is 20.1. The van der Waals surface area contributed by atoms with Crippen molar-refractivity contribution in [1.82, 2.24) is 0 Å². The average Bonchev–Trinajstić information content (AvgIpc) is 2.73. The Morgan fingerprint density at radius 2 is 1.00 bits per heavy atom. The predicted molar refractivity (Wildman–Crippen MR) is 117 cm³/mol. The highest BCUT2D eigenvalue weighted by atomic mass is 31.2. The molecule has 0 bridgehead atoms. The summed E-state index contributed by atoms with van der Waals surface area (Å²) in [5.41, 5.74) is -3.29. The Morgan fingerprint density at radius 1 is 0.634 bits per heavy atom. The maximum Gasteiger partial charge on any atom is 0.587 e. The molecule has 2 aromatic rings. The second-order valence-electron chi connectivity index (χ2n) is 8.30. The molecule has 0 unspecified atom stereocenters. The van der Waals surface area contributed by atoms with E-state index in [-0.39, 0.29) is 0 Å². The molecule has 0 atom stereocenters. The Labute approximate surface area is 223 Å². The van der Waals surface area contributed by atoms with Gasteiger partial charge in [-0.05, 0) is 23.3 Å². The minimum absolute atomic E-state index is 0.437. The van der Waals surface area contributed by atoms with Crippen LogP contribution in [0.15, 0.2) is 42.5 Å². The van der Waals surface area contributed by atoms with Crippen molar-refractivity contribution in [3.05, 3.63) is 64.7 Å². The molecule has 0 fully saturated rings. The first-order valence-electron chi connectivity index (χ1n) is 10.9. The first-order valence-corrected chi connectivity index (χ1v) is 12.4. The lowest BCUT2D eigenvalue weighted by atomic mass is 10.0. The molecule has 0 radical (unpaired) electrons. The topological polar surface area (TPSA) is 61.8 Å². The summed E-state index contributed by atoms with van der Waals surface area (Å²) >= 11 is 0. The Morgan fingerprint density at radius 3 is 1.32 bits per heavy atom. The van der Waals surface area contributed by atoms with Crippen molar-refractivity contribution in [2.24, 2.45) is 0 Å². The van der Waals surface area contributed by atoms with Gasteiger partial charge in [-0.25, -0.2) is 9.36 Å². The highest BCUT2D eigenvalue weighted by Crippen LogP contribution is 2.52. The molecule has 0 saturated carbocycles. The standard InChI is InChI=1S/C23H17F12O5P/c24-20(25,26)10-14-2-4-18(16(8-14)12-22(30,31)32)39-41(37,38-7-1-6-36)40-19-5-3-15(11-21(27,28)29)9-17(19)13-23(33,34)35/h1-5,8-9H,7,10-13H2. The molecule has 0 aliphatic rings. The Kier molecular flexibility index (Phi) is 10.6. The molecule has 5 nitrogen and oxygen atoms in total. The molecule has 0 heterocycles. The molecule has 41 heavy (non-hydrogen) atoms. The van der Waals surface area contributed by atoms with E-state index >= 15 is 0 Å². The second kappa shape index (κ2) is 12.8.